The summed E-state index contributed by atoms with van der Waals surface area (Å²) in [7, 11) is 0. The van der Waals surface area contributed by atoms with Crippen LogP contribution in [-0.4, -0.2) is 70.0 Å². The van der Waals surface area contributed by atoms with Crippen molar-refractivity contribution in [2.45, 2.75) is 44.5 Å². The highest BCUT2D eigenvalue weighted by Crippen LogP contribution is 2.47. The number of anilines is 2. The number of nitro groups is 1. The van der Waals surface area contributed by atoms with Gasteiger partial charge in [0, 0.05) is 55.4 Å². The van der Waals surface area contributed by atoms with Crippen LogP contribution in [0, 0.1) is 16.0 Å². The van der Waals surface area contributed by atoms with Crippen LogP contribution in [0.4, 0.5) is 17.1 Å². The van der Waals surface area contributed by atoms with E-state index in [-0.39, 0.29) is 55.2 Å². The minimum atomic E-state index is -2.13. The molecule has 3 heterocycles. The molecule has 3 aliphatic rings. The van der Waals surface area contributed by atoms with Crippen LogP contribution in [0.25, 0.3) is 0 Å². The first-order valence-electron chi connectivity index (χ1n) is 15.7. The number of non-ortho nitro benzene ring substituents is 1. The number of aliphatic hydroxyl groups is 2. The lowest BCUT2D eigenvalue weighted by atomic mass is 9.82. The number of aliphatic hydroxyl groups excluding tert-OH is 1. The molecule has 0 spiro atoms. The van der Waals surface area contributed by atoms with Gasteiger partial charge in [0.15, 0.2) is 5.60 Å². The van der Waals surface area contributed by atoms with Gasteiger partial charge in [-0.3, -0.25) is 24.5 Å². The zero-order valence-electron chi connectivity index (χ0n) is 26.0. The second kappa shape index (κ2) is 13.1. The van der Waals surface area contributed by atoms with Gasteiger partial charge in [-0.25, -0.2) is 0 Å². The third kappa shape index (κ3) is 6.02. The van der Waals surface area contributed by atoms with Crippen LogP contribution in [0.3, 0.4) is 0 Å². The Labute approximate surface area is 272 Å². The Morgan fingerprint density at radius 1 is 1.13 bits per heavy atom. The molecule has 0 saturated carbocycles. The highest BCUT2D eigenvalue weighted by molar-refractivity contribution is 6.07. The predicted octanol–water partition coefficient (Wildman–Crippen LogP) is 2.79. The number of benzene rings is 3. The molecule has 1 fully saturated rings. The summed E-state index contributed by atoms with van der Waals surface area (Å²) in [6.07, 6.45) is 3.72. The highest BCUT2D eigenvalue weighted by atomic mass is 16.6. The zero-order valence-corrected chi connectivity index (χ0v) is 26.0. The van der Waals surface area contributed by atoms with E-state index < -0.39 is 22.3 Å². The van der Waals surface area contributed by atoms with E-state index in [0.29, 0.717) is 43.0 Å². The normalized spacial score (nSPS) is 21.6. The molecule has 3 atom stereocenters. The number of rotatable bonds is 9. The lowest BCUT2D eigenvalue weighted by Gasteiger charge is -2.36. The average Bonchev–Trinajstić information content (AvgIpc) is 3.29. The van der Waals surface area contributed by atoms with E-state index in [1.165, 1.54) is 23.1 Å². The molecule has 0 aliphatic carbocycles. The molecule has 3 aromatic rings. The van der Waals surface area contributed by atoms with E-state index in [9.17, 15) is 34.7 Å². The second-order valence-corrected chi connectivity index (χ2v) is 12.3. The monoisotopic (exact) mass is 639 g/mol. The molecule has 0 aromatic heterocycles. The number of nitrogens with one attached hydrogen (secondary N) is 1. The van der Waals surface area contributed by atoms with Gasteiger partial charge in [-0.05, 0) is 41.3 Å². The maximum atomic E-state index is 14.1. The summed E-state index contributed by atoms with van der Waals surface area (Å²) in [4.78, 5) is 55.7. The Bertz CT molecular complexity index is 1760. The SMILES string of the molecule is C[C@@H](/C=C/CC(=O)N1Cc2ccccc2C[C@H]1CO)[C@]1(O)C(=O)N(Cc2cccc(N3CCNCC3=O)c2)c2ccc([N+](=O)[O-])cc21. The number of nitro benzene ring substituents is 1. The Balaban J connectivity index is 1.23. The molecule has 6 rings (SSSR count). The lowest BCUT2D eigenvalue weighted by molar-refractivity contribution is -0.385. The highest BCUT2D eigenvalue weighted by Gasteiger charge is 2.53. The van der Waals surface area contributed by atoms with Crippen molar-refractivity contribution in [3.8, 4) is 0 Å². The quantitative estimate of drug-likeness (QED) is 0.183. The number of hydrogen-bond acceptors (Lipinski definition) is 8. The van der Waals surface area contributed by atoms with E-state index in [0.717, 1.165) is 11.1 Å². The van der Waals surface area contributed by atoms with E-state index in [1.54, 1.807) is 34.9 Å². The van der Waals surface area contributed by atoms with Crippen LogP contribution < -0.4 is 15.1 Å². The Morgan fingerprint density at radius 3 is 2.66 bits per heavy atom. The first-order chi connectivity index (χ1) is 22.6. The molecular weight excluding hydrogens is 602 g/mol. The summed E-state index contributed by atoms with van der Waals surface area (Å²) in [5.74, 6) is -1.76. The van der Waals surface area contributed by atoms with E-state index >= 15 is 0 Å². The van der Waals surface area contributed by atoms with Crippen LogP contribution >= 0.6 is 0 Å². The average molecular weight is 640 g/mol. The Hall–Kier alpha value is -4.91. The zero-order chi connectivity index (χ0) is 33.3. The number of hydrogen-bond donors (Lipinski definition) is 3. The smallest absolute Gasteiger partial charge is 0.269 e. The van der Waals surface area contributed by atoms with Crippen LogP contribution in [-0.2, 0) is 39.5 Å². The Morgan fingerprint density at radius 2 is 1.91 bits per heavy atom. The van der Waals surface area contributed by atoms with Gasteiger partial charge in [-0.15, -0.1) is 0 Å². The minimum Gasteiger partial charge on any atom is -0.394 e. The van der Waals surface area contributed by atoms with E-state index in [2.05, 4.69) is 5.32 Å². The van der Waals surface area contributed by atoms with Crippen LogP contribution in [0.5, 0.6) is 0 Å². The van der Waals surface area contributed by atoms with Gasteiger partial charge >= 0.3 is 0 Å². The molecule has 3 amide bonds. The van der Waals surface area contributed by atoms with E-state index in [1.807, 2.05) is 42.5 Å². The van der Waals surface area contributed by atoms with Crippen molar-refractivity contribution in [2.75, 3.05) is 36.0 Å². The van der Waals surface area contributed by atoms with Gasteiger partial charge < -0.3 is 30.2 Å². The number of carbonyl (C=O) groups is 3. The first kappa shape index (κ1) is 32.0. The van der Waals surface area contributed by atoms with Crippen molar-refractivity contribution >= 4 is 34.8 Å². The molecule has 0 radical (unpaired) electrons. The van der Waals surface area contributed by atoms with Crippen molar-refractivity contribution in [2.24, 2.45) is 5.92 Å². The molecule has 1 saturated heterocycles. The van der Waals surface area contributed by atoms with Crippen LogP contribution in [0.1, 0.15) is 35.6 Å². The molecule has 3 N–H and O–H groups in total. The number of fused-ring (bicyclic) bond motifs is 2. The van der Waals surface area contributed by atoms with Gasteiger partial charge in [0.25, 0.3) is 11.6 Å². The topological polar surface area (TPSA) is 157 Å². The van der Waals surface area contributed by atoms with Gasteiger partial charge in [0.2, 0.25) is 11.8 Å². The first-order valence-corrected chi connectivity index (χ1v) is 15.7. The molecule has 3 aromatic carbocycles. The largest absolute Gasteiger partial charge is 0.394 e. The summed E-state index contributed by atoms with van der Waals surface area (Å²) in [6, 6.07) is 18.7. The Kier molecular flexibility index (Phi) is 8.91. The maximum absolute atomic E-state index is 14.1. The van der Waals surface area contributed by atoms with E-state index in [4.69, 9.17) is 0 Å². The number of nitrogens with zero attached hydrogens (tertiary/aromatic N) is 4. The summed E-state index contributed by atoms with van der Waals surface area (Å²) < 4.78 is 0. The van der Waals surface area contributed by atoms with Crippen molar-refractivity contribution in [1.29, 1.82) is 0 Å². The molecule has 244 valence electrons. The molecule has 12 heteroatoms. The number of carbonyl (C=O) groups excluding carboxylic acids is 3. The predicted molar refractivity (Wildman–Crippen MR) is 174 cm³/mol. The minimum absolute atomic E-state index is 0.0175. The molecular formula is C35H37N5O7. The number of piperazine rings is 1. The number of amides is 3. The molecule has 12 nitrogen and oxygen atoms in total. The van der Waals surface area contributed by atoms with Gasteiger partial charge in [0.05, 0.1) is 36.3 Å². The van der Waals surface area contributed by atoms with Crippen LogP contribution in [0.15, 0.2) is 78.9 Å². The van der Waals surface area contributed by atoms with Crippen LogP contribution in [0.2, 0.25) is 0 Å². The fourth-order valence-corrected chi connectivity index (χ4v) is 6.76. The maximum Gasteiger partial charge on any atom is 0.269 e. The van der Waals surface area contributed by atoms with Gasteiger partial charge in [0.1, 0.15) is 0 Å². The summed E-state index contributed by atoms with van der Waals surface area (Å²) in [6.45, 7) is 3.30. The fraction of sp³-hybridized carbons (Fsp3) is 0.343. The third-order valence-corrected chi connectivity index (χ3v) is 9.38. The molecule has 3 aliphatic heterocycles. The summed E-state index contributed by atoms with van der Waals surface area (Å²) >= 11 is 0. The second-order valence-electron chi connectivity index (χ2n) is 12.3. The van der Waals surface area contributed by atoms with Crippen molar-refractivity contribution in [3.63, 3.8) is 0 Å². The third-order valence-electron chi connectivity index (χ3n) is 9.38. The van der Waals surface area contributed by atoms with Crippen molar-refractivity contribution < 1.29 is 29.5 Å². The standard InChI is InChI=1S/C35H37N5O7/c1-23(6-4-11-32(42)38-21-26-9-3-2-8-25(26)17-29(38)22-41)35(45)30-18-28(40(46)47)12-13-31(30)39(34(35)44)20-24-7-5-10-27(16-24)37-15-14-36-19-33(37)43/h2-10,12-13,16,18,23,29,36,41,45H,11,14-15,17,19-22H2,1H3/b6-4+/t23-,29-,35+/m0/s1. The van der Waals surface area contributed by atoms with Crippen molar-refractivity contribution in [1.82, 2.24) is 10.2 Å². The summed E-state index contributed by atoms with van der Waals surface area (Å²) in [5, 5.41) is 36.8. The molecule has 0 bridgehead atoms. The summed E-state index contributed by atoms with van der Waals surface area (Å²) in [5.41, 5.74) is 1.60. The fourth-order valence-electron chi connectivity index (χ4n) is 6.76. The molecule has 0 unspecified atom stereocenters. The lowest BCUT2D eigenvalue weighted by Crippen LogP contribution is -2.48. The van der Waals surface area contributed by atoms with Crippen molar-refractivity contribution in [3.05, 3.63) is 111 Å². The van der Waals surface area contributed by atoms with Gasteiger partial charge in [-0.2, -0.15) is 0 Å². The molecule has 47 heavy (non-hydrogen) atoms. The van der Waals surface area contributed by atoms with Gasteiger partial charge in [-0.1, -0.05) is 55.5 Å².